The molecular formula is C21H17FN8O. The third-order valence-electron chi connectivity index (χ3n) is 4.85. The normalized spacial score (nSPS) is 11.5. The van der Waals surface area contributed by atoms with Crippen molar-refractivity contribution in [1.29, 1.82) is 0 Å². The average Bonchev–Trinajstić information content (AvgIpc) is 3.38. The third-order valence-corrected chi connectivity index (χ3v) is 4.85. The van der Waals surface area contributed by atoms with E-state index in [2.05, 4.69) is 40.4 Å². The Morgan fingerprint density at radius 3 is 2.84 bits per heavy atom. The second-order valence-electron chi connectivity index (χ2n) is 7.35. The second kappa shape index (κ2) is 7.24. The number of nitrogens with zero attached hydrogens (tertiary/aromatic N) is 5. The van der Waals surface area contributed by atoms with Crippen molar-refractivity contribution in [2.75, 3.05) is 5.32 Å². The van der Waals surface area contributed by atoms with Crippen LogP contribution in [0, 0.1) is 11.7 Å². The second-order valence-corrected chi connectivity index (χ2v) is 7.35. The molecule has 5 aromatic heterocycles. The molecule has 5 heterocycles. The number of pyridine rings is 3. The van der Waals surface area contributed by atoms with Gasteiger partial charge in [0.15, 0.2) is 17.1 Å². The van der Waals surface area contributed by atoms with Gasteiger partial charge in [-0.1, -0.05) is 13.8 Å². The molecule has 5 rings (SSSR count). The van der Waals surface area contributed by atoms with Crippen molar-refractivity contribution in [3.63, 3.8) is 0 Å². The molecule has 0 radical (unpaired) electrons. The van der Waals surface area contributed by atoms with Crippen LogP contribution in [0.5, 0.6) is 0 Å². The SMILES string of the molecule is CC(C)C(=O)Nc1cncc(-c2cnc3n[nH]c(-c4nc5ncccc5[nH]4)c3c2F)c1. The fourth-order valence-corrected chi connectivity index (χ4v) is 3.23. The first kappa shape index (κ1) is 18.8. The van der Waals surface area contributed by atoms with Crippen molar-refractivity contribution in [2.45, 2.75) is 13.8 Å². The molecule has 0 aliphatic rings. The zero-order valence-electron chi connectivity index (χ0n) is 16.6. The summed E-state index contributed by atoms with van der Waals surface area (Å²) in [5, 5.41) is 9.89. The van der Waals surface area contributed by atoms with Crippen LogP contribution in [-0.2, 0) is 4.79 Å². The maximum atomic E-state index is 15.6. The lowest BCUT2D eigenvalue weighted by Crippen LogP contribution is -2.17. The maximum absolute atomic E-state index is 15.6. The summed E-state index contributed by atoms with van der Waals surface area (Å²) < 4.78 is 15.6. The van der Waals surface area contributed by atoms with Gasteiger partial charge in [-0.05, 0) is 18.2 Å². The van der Waals surface area contributed by atoms with Gasteiger partial charge in [-0.25, -0.2) is 19.3 Å². The molecule has 31 heavy (non-hydrogen) atoms. The number of anilines is 1. The lowest BCUT2D eigenvalue weighted by atomic mass is 10.1. The van der Waals surface area contributed by atoms with E-state index in [0.717, 1.165) is 5.52 Å². The van der Waals surface area contributed by atoms with Gasteiger partial charge in [0.05, 0.1) is 22.8 Å². The topological polar surface area (TPSA) is 125 Å². The van der Waals surface area contributed by atoms with Crippen molar-refractivity contribution in [1.82, 2.24) is 35.1 Å². The summed E-state index contributed by atoms with van der Waals surface area (Å²) in [4.78, 5) is 32.1. The molecule has 1 amide bonds. The smallest absolute Gasteiger partial charge is 0.226 e. The van der Waals surface area contributed by atoms with Crippen molar-refractivity contribution in [3.05, 3.63) is 48.8 Å². The van der Waals surface area contributed by atoms with Crippen LogP contribution in [0.15, 0.2) is 43.0 Å². The molecule has 3 N–H and O–H groups in total. The number of fused-ring (bicyclic) bond motifs is 2. The molecule has 0 saturated heterocycles. The Balaban J connectivity index is 1.61. The van der Waals surface area contributed by atoms with E-state index in [0.29, 0.717) is 28.4 Å². The van der Waals surface area contributed by atoms with Crippen LogP contribution in [-0.4, -0.2) is 41.0 Å². The lowest BCUT2D eigenvalue weighted by Gasteiger charge is -2.09. The van der Waals surface area contributed by atoms with E-state index in [9.17, 15) is 4.79 Å². The molecule has 0 spiro atoms. The Morgan fingerprint density at radius 1 is 1.16 bits per heavy atom. The Bertz CT molecular complexity index is 1410. The van der Waals surface area contributed by atoms with Gasteiger partial charge < -0.3 is 10.3 Å². The van der Waals surface area contributed by atoms with Crippen molar-refractivity contribution in [3.8, 4) is 22.6 Å². The number of carbonyl (C=O) groups is 1. The van der Waals surface area contributed by atoms with Crippen LogP contribution in [0.2, 0.25) is 0 Å². The van der Waals surface area contributed by atoms with E-state index in [1.54, 1.807) is 32.2 Å². The van der Waals surface area contributed by atoms with Gasteiger partial charge in [0, 0.05) is 35.6 Å². The number of carbonyl (C=O) groups excluding carboxylic acids is 1. The number of rotatable bonds is 4. The minimum absolute atomic E-state index is 0.149. The predicted molar refractivity (Wildman–Crippen MR) is 113 cm³/mol. The van der Waals surface area contributed by atoms with Crippen LogP contribution >= 0.6 is 0 Å². The first-order valence-electron chi connectivity index (χ1n) is 9.61. The summed E-state index contributed by atoms with van der Waals surface area (Å²) >= 11 is 0. The molecule has 5 aromatic rings. The van der Waals surface area contributed by atoms with E-state index < -0.39 is 5.82 Å². The molecular weight excluding hydrogens is 399 g/mol. The van der Waals surface area contributed by atoms with Gasteiger partial charge in [-0.15, -0.1) is 0 Å². The molecule has 154 valence electrons. The van der Waals surface area contributed by atoms with Gasteiger partial charge in [-0.2, -0.15) is 5.10 Å². The first-order chi connectivity index (χ1) is 15.0. The summed E-state index contributed by atoms with van der Waals surface area (Å²) in [5.74, 6) is -0.449. The molecule has 10 heteroatoms. The van der Waals surface area contributed by atoms with Gasteiger partial charge >= 0.3 is 0 Å². The number of halogens is 1. The summed E-state index contributed by atoms with van der Waals surface area (Å²) in [6.07, 6.45) is 6.06. The molecule has 0 aliphatic carbocycles. The minimum Gasteiger partial charge on any atom is -0.335 e. The molecule has 0 saturated carbocycles. The summed E-state index contributed by atoms with van der Waals surface area (Å²) in [6, 6.07) is 5.28. The Hall–Kier alpha value is -4.21. The zero-order chi connectivity index (χ0) is 21.5. The number of aromatic amines is 2. The molecule has 0 bridgehead atoms. The highest BCUT2D eigenvalue weighted by Crippen LogP contribution is 2.32. The fourth-order valence-electron chi connectivity index (χ4n) is 3.23. The largest absolute Gasteiger partial charge is 0.335 e. The van der Waals surface area contributed by atoms with Crippen molar-refractivity contribution in [2.24, 2.45) is 5.92 Å². The van der Waals surface area contributed by atoms with E-state index in [1.807, 2.05) is 6.07 Å². The molecule has 0 unspecified atom stereocenters. The van der Waals surface area contributed by atoms with E-state index in [-0.39, 0.29) is 28.4 Å². The summed E-state index contributed by atoms with van der Waals surface area (Å²) in [6.45, 7) is 3.58. The predicted octanol–water partition coefficient (Wildman–Crippen LogP) is 3.69. The summed E-state index contributed by atoms with van der Waals surface area (Å²) in [7, 11) is 0. The molecule has 0 aliphatic heterocycles. The fraction of sp³-hybridized carbons (Fsp3) is 0.143. The van der Waals surface area contributed by atoms with Crippen molar-refractivity contribution < 1.29 is 9.18 Å². The quantitative estimate of drug-likeness (QED) is 0.410. The number of amides is 1. The van der Waals surface area contributed by atoms with Gasteiger partial charge in [0.25, 0.3) is 0 Å². The Kier molecular flexibility index (Phi) is 4.39. The third kappa shape index (κ3) is 3.27. The van der Waals surface area contributed by atoms with Gasteiger partial charge in [-0.3, -0.25) is 14.9 Å². The number of hydrogen-bond acceptors (Lipinski definition) is 6. The van der Waals surface area contributed by atoms with E-state index >= 15 is 4.39 Å². The van der Waals surface area contributed by atoms with Gasteiger partial charge in [0.1, 0.15) is 11.5 Å². The highest BCUT2D eigenvalue weighted by Gasteiger charge is 2.20. The number of nitrogens with one attached hydrogen (secondary N) is 3. The molecule has 0 aromatic carbocycles. The highest BCUT2D eigenvalue weighted by atomic mass is 19.1. The highest BCUT2D eigenvalue weighted by molar-refractivity contribution is 5.95. The number of aromatic nitrogens is 7. The average molecular weight is 416 g/mol. The Morgan fingerprint density at radius 2 is 2.03 bits per heavy atom. The zero-order valence-corrected chi connectivity index (χ0v) is 16.6. The number of imidazole rings is 1. The molecule has 9 nitrogen and oxygen atoms in total. The number of H-pyrrole nitrogens is 2. The van der Waals surface area contributed by atoms with E-state index in [1.165, 1.54) is 18.6 Å². The van der Waals surface area contributed by atoms with Crippen LogP contribution in [0.1, 0.15) is 13.8 Å². The van der Waals surface area contributed by atoms with Crippen LogP contribution in [0.4, 0.5) is 10.1 Å². The summed E-state index contributed by atoms with van der Waals surface area (Å²) in [5.41, 5.74) is 3.03. The van der Waals surface area contributed by atoms with Crippen molar-refractivity contribution >= 4 is 33.8 Å². The van der Waals surface area contributed by atoms with Crippen LogP contribution < -0.4 is 5.32 Å². The van der Waals surface area contributed by atoms with Crippen LogP contribution in [0.25, 0.3) is 44.8 Å². The Labute approximate surface area is 175 Å². The minimum atomic E-state index is -0.517. The standard InChI is InChI=1S/C21H17FN8O/c1-10(2)21(31)26-12-6-11(7-23-8-12)13-9-25-19-15(16(13)22)17(29-30-19)20-27-14-4-3-5-24-18(14)28-20/h3-10H,1-2H3,(H,26,31)(H,24,27,28)(H,25,29,30). The van der Waals surface area contributed by atoms with Gasteiger partial charge in [0.2, 0.25) is 5.91 Å². The first-order valence-corrected chi connectivity index (χ1v) is 9.61. The maximum Gasteiger partial charge on any atom is 0.226 e. The van der Waals surface area contributed by atoms with E-state index in [4.69, 9.17) is 0 Å². The molecule has 0 atom stereocenters. The monoisotopic (exact) mass is 416 g/mol. The lowest BCUT2D eigenvalue weighted by molar-refractivity contribution is -0.118. The number of hydrogen-bond donors (Lipinski definition) is 3. The molecule has 0 fully saturated rings. The van der Waals surface area contributed by atoms with Crippen LogP contribution in [0.3, 0.4) is 0 Å².